The maximum Gasteiger partial charge on any atom is 0.295 e. The van der Waals surface area contributed by atoms with Crippen LogP contribution in [0.1, 0.15) is 49.8 Å². The Morgan fingerprint density at radius 3 is 2.70 bits per heavy atom. The van der Waals surface area contributed by atoms with E-state index in [0.29, 0.717) is 12.0 Å². The van der Waals surface area contributed by atoms with Crippen LogP contribution in [0.3, 0.4) is 0 Å². The molecule has 120 valence electrons. The van der Waals surface area contributed by atoms with Crippen LogP contribution in [0.5, 0.6) is 5.88 Å². The van der Waals surface area contributed by atoms with Gasteiger partial charge in [0.1, 0.15) is 0 Å². The lowest BCUT2D eigenvalue weighted by Gasteiger charge is -2.16. The summed E-state index contributed by atoms with van der Waals surface area (Å²) in [6.45, 7) is 0. The Balaban J connectivity index is 1.79. The molecule has 0 spiro atoms. The largest absolute Gasteiger partial charge is 0.492 e. The average Bonchev–Trinajstić information content (AvgIpc) is 3.34. The highest BCUT2D eigenvalue weighted by atomic mass is 19.3. The lowest BCUT2D eigenvalue weighted by atomic mass is 10.0. The molecule has 0 saturated heterocycles. The maximum atomic E-state index is 14.3. The molecule has 4 nitrogen and oxygen atoms in total. The molecule has 0 amide bonds. The minimum atomic E-state index is -3.21. The third-order valence-corrected chi connectivity index (χ3v) is 4.17. The zero-order valence-electron chi connectivity index (χ0n) is 12.6. The first-order valence-corrected chi connectivity index (χ1v) is 7.79. The van der Waals surface area contributed by atoms with Crippen LogP contribution in [-0.2, 0) is 5.92 Å². The van der Waals surface area contributed by atoms with Gasteiger partial charge in [-0.2, -0.15) is 14.0 Å². The van der Waals surface area contributed by atoms with Gasteiger partial charge in [0.15, 0.2) is 5.69 Å². The summed E-state index contributed by atoms with van der Waals surface area (Å²) in [6.07, 6.45) is 4.27. The van der Waals surface area contributed by atoms with E-state index in [-0.39, 0.29) is 17.5 Å². The number of nitrogens with zero attached hydrogens (tertiary/aromatic N) is 3. The number of alkyl halides is 2. The molecule has 1 N–H and O–H groups in total. The Morgan fingerprint density at radius 1 is 1.22 bits per heavy atom. The van der Waals surface area contributed by atoms with Crippen LogP contribution in [0.2, 0.25) is 0 Å². The number of halogens is 2. The van der Waals surface area contributed by atoms with Gasteiger partial charge in [-0.05, 0) is 30.5 Å². The van der Waals surface area contributed by atoms with Gasteiger partial charge >= 0.3 is 0 Å². The van der Waals surface area contributed by atoms with Gasteiger partial charge in [-0.15, -0.1) is 0 Å². The lowest BCUT2D eigenvalue weighted by Crippen LogP contribution is -2.16. The Labute approximate surface area is 132 Å². The summed E-state index contributed by atoms with van der Waals surface area (Å²) in [7, 11) is 0. The number of hydrogen-bond donors (Lipinski definition) is 1. The molecule has 1 aromatic heterocycles. The highest BCUT2D eigenvalue weighted by Gasteiger charge is 2.37. The molecule has 23 heavy (non-hydrogen) atoms. The number of aromatic hydroxyl groups is 1. The summed E-state index contributed by atoms with van der Waals surface area (Å²) >= 11 is 0. The standard InChI is InChI=1S/C17H17F2N3O/c18-17(19,8-2-1-3-11-4-5-11)15-16(23)22-14-9-12(10-20)6-7-13(14)21-15/h6-7,9,11H,1-5,8H2,(H,22,23). The highest BCUT2D eigenvalue weighted by molar-refractivity contribution is 5.76. The monoisotopic (exact) mass is 317 g/mol. The van der Waals surface area contributed by atoms with E-state index in [1.807, 2.05) is 6.07 Å². The van der Waals surface area contributed by atoms with Crippen LogP contribution in [0, 0.1) is 17.2 Å². The minimum Gasteiger partial charge on any atom is -0.492 e. The predicted octanol–water partition coefficient (Wildman–Crippen LogP) is 4.27. The number of benzene rings is 1. The van der Waals surface area contributed by atoms with Crippen molar-refractivity contribution in [2.24, 2.45) is 5.92 Å². The molecule has 0 bridgehead atoms. The van der Waals surface area contributed by atoms with Gasteiger partial charge in [-0.3, -0.25) is 0 Å². The molecule has 2 aromatic rings. The van der Waals surface area contributed by atoms with Crippen LogP contribution >= 0.6 is 0 Å². The Bertz CT molecular complexity index is 766. The topological polar surface area (TPSA) is 69.8 Å². The van der Waals surface area contributed by atoms with E-state index in [1.54, 1.807) is 0 Å². The molecule has 1 aromatic carbocycles. The van der Waals surface area contributed by atoms with Crippen molar-refractivity contribution in [3.63, 3.8) is 0 Å². The van der Waals surface area contributed by atoms with E-state index >= 15 is 0 Å². The molecule has 0 radical (unpaired) electrons. The number of fused-ring (bicyclic) bond motifs is 1. The predicted molar refractivity (Wildman–Crippen MR) is 81.0 cm³/mol. The average molecular weight is 317 g/mol. The second-order valence-corrected chi connectivity index (χ2v) is 6.10. The number of aromatic nitrogens is 2. The molecule has 0 atom stereocenters. The Morgan fingerprint density at radius 2 is 2.00 bits per heavy atom. The van der Waals surface area contributed by atoms with E-state index < -0.39 is 17.5 Å². The van der Waals surface area contributed by atoms with Gasteiger partial charge in [-0.1, -0.05) is 25.7 Å². The fourth-order valence-corrected chi connectivity index (χ4v) is 2.66. The van der Waals surface area contributed by atoms with Crippen molar-refractivity contribution in [1.82, 2.24) is 9.97 Å². The van der Waals surface area contributed by atoms with Gasteiger partial charge in [-0.25, -0.2) is 9.97 Å². The summed E-state index contributed by atoms with van der Waals surface area (Å²) in [5, 5.41) is 18.7. The molecule has 6 heteroatoms. The molecule has 0 unspecified atom stereocenters. The van der Waals surface area contributed by atoms with Crippen molar-refractivity contribution in [1.29, 1.82) is 5.26 Å². The molecular weight excluding hydrogens is 300 g/mol. The second-order valence-electron chi connectivity index (χ2n) is 6.10. The first-order chi connectivity index (χ1) is 11.0. The van der Waals surface area contributed by atoms with Gasteiger partial charge in [0.05, 0.1) is 22.7 Å². The fraction of sp³-hybridized carbons (Fsp3) is 0.471. The van der Waals surface area contributed by atoms with Crippen molar-refractivity contribution < 1.29 is 13.9 Å². The van der Waals surface area contributed by atoms with Crippen LogP contribution in [-0.4, -0.2) is 15.1 Å². The lowest BCUT2D eigenvalue weighted by molar-refractivity contribution is -0.0225. The van der Waals surface area contributed by atoms with Gasteiger partial charge in [0.25, 0.3) is 5.92 Å². The van der Waals surface area contributed by atoms with Crippen molar-refractivity contribution in [3.8, 4) is 11.9 Å². The Hall–Kier alpha value is -2.29. The second kappa shape index (κ2) is 6.07. The first kappa shape index (κ1) is 15.6. The third kappa shape index (κ3) is 3.55. The summed E-state index contributed by atoms with van der Waals surface area (Å²) in [6, 6.07) is 6.31. The first-order valence-electron chi connectivity index (χ1n) is 7.79. The fourth-order valence-electron chi connectivity index (χ4n) is 2.66. The summed E-state index contributed by atoms with van der Waals surface area (Å²) in [4.78, 5) is 7.66. The molecule has 3 rings (SSSR count). The quantitative estimate of drug-likeness (QED) is 0.808. The van der Waals surface area contributed by atoms with Crippen molar-refractivity contribution in [3.05, 3.63) is 29.5 Å². The molecule has 1 fully saturated rings. The van der Waals surface area contributed by atoms with Crippen LogP contribution in [0.25, 0.3) is 11.0 Å². The molecule has 1 aliphatic carbocycles. The van der Waals surface area contributed by atoms with Gasteiger partial charge in [0.2, 0.25) is 5.88 Å². The van der Waals surface area contributed by atoms with Crippen LogP contribution < -0.4 is 0 Å². The maximum absolute atomic E-state index is 14.3. The van der Waals surface area contributed by atoms with E-state index in [0.717, 1.165) is 18.8 Å². The molecule has 0 aliphatic heterocycles. The van der Waals surface area contributed by atoms with Crippen LogP contribution in [0.4, 0.5) is 8.78 Å². The highest BCUT2D eigenvalue weighted by Crippen LogP contribution is 2.39. The van der Waals surface area contributed by atoms with Gasteiger partial charge < -0.3 is 5.11 Å². The van der Waals surface area contributed by atoms with E-state index in [9.17, 15) is 13.9 Å². The summed E-state index contributed by atoms with van der Waals surface area (Å²) < 4.78 is 28.6. The normalized spacial score (nSPS) is 14.8. The zero-order chi connectivity index (χ0) is 16.4. The summed E-state index contributed by atoms with van der Waals surface area (Å²) in [5.41, 5.74) is 0.135. The van der Waals surface area contributed by atoms with E-state index in [4.69, 9.17) is 5.26 Å². The molecule has 1 aliphatic rings. The number of nitriles is 1. The number of rotatable bonds is 6. The third-order valence-electron chi connectivity index (χ3n) is 4.17. The van der Waals surface area contributed by atoms with E-state index in [1.165, 1.54) is 31.0 Å². The van der Waals surface area contributed by atoms with Crippen LogP contribution in [0.15, 0.2) is 18.2 Å². The zero-order valence-corrected chi connectivity index (χ0v) is 12.6. The SMILES string of the molecule is N#Cc1ccc2nc(C(F)(F)CCCCC3CC3)c(O)nc2c1. The molecular formula is C17H17F2N3O. The Kier molecular flexibility index (Phi) is 4.12. The number of unbranched alkanes of at least 4 members (excludes halogenated alkanes) is 1. The van der Waals surface area contributed by atoms with Crippen molar-refractivity contribution >= 4 is 11.0 Å². The van der Waals surface area contributed by atoms with Gasteiger partial charge in [0, 0.05) is 6.42 Å². The molecule has 1 heterocycles. The number of hydrogen-bond acceptors (Lipinski definition) is 4. The van der Waals surface area contributed by atoms with Crippen molar-refractivity contribution in [2.75, 3.05) is 0 Å². The summed E-state index contributed by atoms with van der Waals surface area (Å²) in [5.74, 6) is -3.24. The smallest absolute Gasteiger partial charge is 0.295 e. The van der Waals surface area contributed by atoms with E-state index in [2.05, 4.69) is 9.97 Å². The minimum absolute atomic E-state index is 0.231. The molecule has 1 saturated carbocycles. The van der Waals surface area contributed by atoms with Crippen molar-refractivity contribution in [2.45, 2.75) is 44.4 Å².